The topological polar surface area (TPSA) is 40.6 Å². The van der Waals surface area contributed by atoms with E-state index in [1.165, 1.54) is 30.6 Å². The Balaban J connectivity index is 1.47. The number of rotatable bonds is 3. The molecule has 1 aromatic heterocycles. The average molecular weight is 355 g/mol. The third-order valence-corrected chi connectivity index (χ3v) is 6.08. The van der Waals surface area contributed by atoms with Gasteiger partial charge in [0.05, 0.1) is 10.8 Å². The van der Waals surface area contributed by atoms with Gasteiger partial charge in [-0.25, -0.2) is 0 Å². The third kappa shape index (κ3) is 4.27. The highest BCUT2D eigenvalue weighted by molar-refractivity contribution is 7.16. The fraction of sp³-hybridized carbons (Fsp3) is 0.647. The molecule has 2 aliphatic rings. The molecule has 1 aliphatic carbocycles. The van der Waals surface area contributed by atoms with E-state index < -0.39 is 0 Å². The van der Waals surface area contributed by atoms with Gasteiger partial charge in [-0.3, -0.25) is 9.59 Å². The maximum atomic E-state index is 12.5. The van der Waals surface area contributed by atoms with Crippen molar-refractivity contribution in [2.24, 2.45) is 5.92 Å². The minimum Gasteiger partial charge on any atom is -0.339 e. The first kappa shape index (κ1) is 16.8. The second-order valence-electron chi connectivity index (χ2n) is 6.42. The molecular formula is C17H23ClN2O2S. The van der Waals surface area contributed by atoms with Gasteiger partial charge in [-0.05, 0) is 25.0 Å². The Morgan fingerprint density at radius 2 is 1.70 bits per heavy atom. The standard InChI is InChI=1S/C17H23ClN2O2S/c18-15-7-6-14(23-15)12-16(21)19-8-10-20(11-9-19)17(22)13-4-2-1-3-5-13/h6-7,13H,1-5,8-12H2. The van der Waals surface area contributed by atoms with E-state index in [9.17, 15) is 9.59 Å². The first-order chi connectivity index (χ1) is 11.1. The Bertz CT molecular complexity index is 561. The van der Waals surface area contributed by atoms with Crippen LogP contribution in [0.25, 0.3) is 0 Å². The van der Waals surface area contributed by atoms with Crippen LogP contribution in [0.4, 0.5) is 0 Å². The predicted molar refractivity (Wildman–Crippen MR) is 92.8 cm³/mol. The number of piperazine rings is 1. The maximum absolute atomic E-state index is 12.5. The van der Waals surface area contributed by atoms with Gasteiger partial charge < -0.3 is 9.80 Å². The Hall–Kier alpha value is -1.07. The van der Waals surface area contributed by atoms with Crippen LogP contribution < -0.4 is 0 Å². The van der Waals surface area contributed by atoms with E-state index in [1.54, 1.807) is 0 Å². The average Bonchev–Trinajstić information content (AvgIpc) is 3.00. The molecular weight excluding hydrogens is 332 g/mol. The normalized spacial score (nSPS) is 19.9. The lowest BCUT2D eigenvalue weighted by atomic mass is 9.88. The van der Waals surface area contributed by atoms with Crippen molar-refractivity contribution in [1.82, 2.24) is 9.80 Å². The predicted octanol–water partition coefficient (Wildman–Crippen LogP) is 3.20. The van der Waals surface area contributed by atoms with Crippen molar-refractivity contribution in [3.8, 4) is 0 Å². The van der Waals surface area contributed by atoms with Crippen molar-refractivity contribution in [3.63, 3.8) is 0 Å². The number of carbonyl (C=O) groups is 2. The third-order valence-electron chi connectivity index (χ3n) is 4.85. The monoisotopic (exact) mass is 354 g/mol. The van der Waals surface area contributed by atoms with Crippen LogP contribution in [0.15, 0.2) is 12.1 Å². The van der Waals surface area contributed by atoms with Gasteiger partial charge in [0.15, 0.2) is 0 Å². The van der Waals surface area contributed by atoms with E-state index in [1.807, 2.05) is 21.9 Å². The van der Waals surface area contributed by atoms with Crippen LogP contribution in [0.1, 0.15) is 37.0 Å². The highest BCUT2D eigenvalue weighted by atomic mass is 35.5. The number of halogens is 1. The minimum absolute atomic E-state index is 0.133. The van der Waals surface area contributed by atoms with Crippen LogP contribution in [0, 0.1) is 5.92 Å². The SMILES string of the molecule is O=C(Cc1ccc(Cl)s1)N1CCN(C(=O)C2CCCCC2)CC1. The van der Waals surface area contributed by atoms with Crippen LogP contribution in [0.2, 0.25) is 4.34 Å². The largest absolute Gasteiger partial charge is 0.339 e. The van der Waals surface area contributed by atoms with Crippen molar-refractivity contribution in [3.05, 3.63) is 21.3 Å². The van der Waals surface area contributed by atoms with Crippen molar-refractivity contribution in [2.75, 3.05) is 26.2 Å². The first-order valence-electron chi connectivity index (χ1n) is 8.44. The summed E-state index contributed by atoms with van der Waals surface area (Å²) in [6, 6.07) is 3.74. The van der Waals surface area contributed by atoms with E-state index in [0.29, 0.717) is 38.5 Å². The Labute approximate surface area is 146 Å². The van der Waals surface area contributed by atoms with Crippen LogP contribution in [-0.4, -0.2) is 47.8 Å². The molecule has 1 aliphatic heterocycles. The van der Waals surface area contributed by atoms with Gasteiger partial charge in [-0.1, -0.05) is 30.9 Å². The zero-order valence-corrected chi connectivity index (χ0v) is 14.9. The molecule has 2 heterocycles. The molecule has 0 spiro atoms. The lowest BCUT2D eigenvalue weighted by molar-refractivity contribution is -0.142. The summed E-state index contributed by atoms with van der Waals surface area (Å²) in [6.07, 6.45) is 6.11. The smallest absolute Gasteiger partial charge is 0.227 e. The molecule has 0 atom stereocenters. The molecule has 4 nitrogen and oxygen atoms in total. The summed E-state index contributed by atoms with van der Waals surface area (Å²) >= 11 is 7.36. The molecule has 1 saturated carbocycles. The number of hydrogen-bond donors (Lipinski definition) is 0. The molecule has 126 valence electrons. The number of hydrogen-bond acceptors (Lipinski definition) is 3. The highest BCUT2D eigenvalue weighted by Crippen LogP contribution is 2.26. The molecule has 0 radical (unpaired) electrons. The number of thiophene rings is 1. The molecule has 0 N–H and O–H groups in total. The molecule has 2 fully saturated rings. The maximum Gasteiger partial charge on any atom is 0.227 e. The van der Waals surface area contributed by atoms with Gasteiger partial charge in [0.1, 0.15) is 0 Å². The second kappa shape index (κ2) is 7.67. The Morgan fingerprint density at radius 3 is 2.30 bits per heavy atom. The van der Waals surface area contributed by atoms with Gasteiger partial charge in [-0.2, -0.15) is 0 Å². The number of carbonyl (C=O) groups excluding carboxylic acids is 2. The van der Waals surface area contributed by atoms with E-state index in [2.05, 4.69) is 0 Å². The minimum atomic E-state index is 0.133. The van der Waals surface area contributed by atoms with Crippen molar-refractivity contribution < 1.29 is 9.59 Å². The van der Waals surface area contributed by atoms with Crippen molar-refractivity contribution >= 4 is 34.8 Å². The zero-order chi connectivity index (χ0) is 16.2. The summed E-state index contributed by atoms with van der Waals surface area (Å²) in [4.78, 5) is 29.7. The summed E-state index contributed by atoms with van der Waals surface area (Å²) in [5.74, 6) is 0.661. The lowest BCUT2D eigenvalue weighted by Crippen LogP contribution is -2.52. The first-order valence-corrected chi connectivity index (χ1v) is 9.64. The Morgan fingerprint density at radius 1 is 1.04 bits per heavy atom. The van der Waals surface area contributed by atoms with Gasteiger partial charge in [0.25, 0.3) is 0 Å². The lowest BCUT2D eigenvalue weighted by Gasteiger charge is -2.37. The van der Waals surface area contributed by atoms with Gasteiger partial charge in [0, 0.05) is 37.0 Å². The molecule has 2 amide bonds. The number of nitrogens with zero attached hydrogens (tertiary/aromatic N) is 2. The van der Waals surface area contributed by atoms with Crippen molar-refractivity contribution in [1.29, 1.82) is 0 Å². The van der Waals surface area contributed by atoms with Crippen molar-refractivity contribution in [2.45, 2.75) is 38.5 Å². The summed E-state index contributed by atoms with van der Waals surface area (Å²) in [5, 5.41) is 0. The molecule has 23 heavy (non-hydrogen) atoms. The van der Waals surface area contributed by atoms with Gasteiger partial charge in [-0.15, -0.1) is 11.3 Å². The van der Waals surface area contributed by atoms with Crippen LogP contribution in [-0.2, 0) is 16.0 Å². The molecule has 6 heteroatoms. The number of amides is 2. The molecule has 3 rings (SSSR count). The molecule has 0 bridgehead atoms. The molecule has 1 saturated heterocycles. The zero-order valence-electron chi connectivity index (χ0n) is 13.3. The molecule has 0 aromatic carbocycles. The quantitative estimate of drug-likeness (QED) is 0.836. The van der Waals surface area contributed by atoms with E-state index >= 15 is 0 Å². The van der Waals surface area contributed by atoms with Crippen LogP contribution >= 0.6 is 22.9 Å². The van der Waals surface area contributed by atoms with E-state index in [-0.39, 0.29) is 11.8 Å². The second-order valence-corrected chi connectivity index (χ2v) is 8.22. The highest BCUT2D eigenvalue weighted by Gasteiger charge is 2.29. The fourth-order valence-corrected chi connectivity index (χ4v) is 4.57. The van der Waals surface area contributed by atoms with Gasteiger partial charge >= 0.3 is 0 Å². The summed E-state index contributed by atoms with van der Waals surface area (Å²) in [7, 11) is 0. The molecule has 1 aromatic rings. The summed E-state index contributed by atoms with van der Waals surface area (Å²) < 4.78 is 0.718. The van der Waals surface area contributed by atoms with E-state index in [0.717, 1.165) is 22.1 Å². The van der Waals surface area contributed by atoms with E-state index in [4.69, 9.17) is 11.6 Å². The van der Waals surface area contributed by atoms with Gasteiger partial charge in [0.2, 0.25) is 11.8 Å². The Kier molecular flexibility index (Phi) is 5.59. The summed E-state index contributed by atoms with van der Waals surface area (Å²) in [6.45, 7) is 2.64. The van der Waals surface area contributed by atoms with Crippen LogP contribution in [0.3, 0.4) is 0 Å². The fourth-order valence-electron chi connectivity index (χ4n) is 3.49. The van der Waals surface area contributed by atoms with Crippen LogP contribution in [0.5, 0.6) is 0 Å². The summed E-state index contributed by atoms with van der Waals surface area (Å²) in [5.41, 5.74) is 0. The molecule has 0 unspecified atom stereocenters.